The number of nitrogens with one attached hydrogen (secondary N) is 1. The zero-order valence-electron chi connectivity index (χ0n) is 17.2. The molecule has 8 nitrogen and oxygen atoms in total. The lowest BCUT2D eigenvalue weighted by atomic mass is 10.1. The fraction of sp³-hybridized carbons (Fsp3) is 0.261. The molecule has 0 fully saturated rings. The number of carbonyl (C=O) groups is 3. The number of anilines is 1. The van der Waals surface area contributed by atoms with Gasteiger partial charge >= 0.3 is 12.1 Å². The number of benzene rings is 2. The zero-order chi connectivity index (χ0) is 22.4. The summed E-state index contributed by atoms with van der Waals surface area (Å²) in [6.45, 7) is 3.32. The molecule has 1 aliphatic rings. The molecule has 1 N–H and O–H groups in total. The lowest BCUT2D eigenvalue weighted by Crippen LogP contribution is -2.47. The average Bonchev–Trinajstić information content (AvgIpc) is 2.75. The van der Waals surface area contributed by atoms with E-state index in [1.807, 2.05) is 30.3 Å². The molecule has 2 aromatic rings. The SMILES string of the molecule is C#Cc1cc2c(cc1OC(C)=O)N(CCNC(=O)OCc1ccccc1)C(=O)C(C)O2. The number of nitrogens with zero attached hydrogens (tertiary/aromatic N) is 1. The number of carbonyl (C=O) groups excluding carboxylic acids is 3. The summed E-state index contributed by atoms with van der Waals surface area (Å²) >= 11 is 0. The van der Waals surface area contributed by atoms with Gasteiger partial charge < -0.3 is 24.4 Å². The molecule has 0 aliphatic carbocycles. The molecule has 0 bridgehead atoms. The Morgan fingerprint density at radius 2 is 2.00 bits per heavy atom. The second-order valence-electron chi connectivity index (χ2n) is 6.79. The fourth-order valence-electron chi connectivity index (χ4n) is 3.06. The van der Waals surface area contributed by atoms with Gasteiger partial charge in [0, 0.05) is 32.1 Å². The largest absolute Gasteiger partial charge is 0.479 e. The number of hydrogen-bond donors (Lipinski definition) is 1. The molecule has 0 spiro atoms. The molecule has 3 rings (SSSR count). The maximum Gasteiger partial charge on any atom is 0.407 e. The molecule has 1 unspecified atom stereocenters. The van der Waals surface area contributed by atoms with E-state index in [1.54, 1.807) is 13.0 Å². The molecule has 1 heterocycles. The minimum Gasteiger partial charge on any atom is -0.479 e. The number of terminal acetylenes is 1. The van der Waals surface area contributed by atoms with Crippen molar-refractivity contribution in [2.24, 2.45) is 0 Å². The lowest BCUT2D eigenvalue weighted by molar-refractivity contribution is -0.131. The maximum atomic E-state index is 12.7. The van der Waals surface area contributed by atoms with Crippen LogP contribution in [0.4, 0.5) is 10.5 Å². The van der Waals surface area contributed by atoms with E-state index < -0.39 is 18.2 Å². The van der Waals surface area contributed by atoms with E-state index in [9.17, 15) is 14.4 Å². The van der Waals surface area contributed by atoms with Gasteiger partial charge in [-0.2, -0.15) is 0 Å². The topological polar surface area (TPSA) is 94.2 Å². The molecule has 1 aliphatic heterocycles. The summed E-state index contributed by atoms with van der Waals surface area (Å²) < 4.78 is 16.0. The van der Waals surface area contributed by atoms with Crippen LogP contribution in [-0.4, -0.2) is 37.2 Å². The Labute approximate surface area is 180 Å². The second-order valence-corrected chi connectivity index (χ2v) is 6.79. The van der Waals surface area contributed by atoms with Crippen molar-refractivity contribution in [3.63, 3.8) is 0 Å². The summed E-state index contributed by atoms with van der Waals surface area (Å²) in [5, 5.41) is 2.62. The van der Waals surface area contributed by atoms with Crippen LogP contribution in [-0.2, 0) is 20.9 Å². The summed E-state index contributed by atoms with van der Waals surface area (Å²) in [6.07, 6.45) is 4.17. The Kier molecular flexibility index (Phi) is 6.78. The predicted molar refractivity (Wildman–Crippen MR) is 113 cm³/mol. The summed E-state index contributed by atoms with van der Waals surface area (Å²) in [6, 6.07) is 12.3. The average molecular weight is 422 g/mol. The maximum absolute atomic E-state index is 12.7. The summed E-state index contributed by atoms with van der Waals surface area (Å²) in [5.41, 5.74) is 1.60. The number of rotatable bonds is 6. The summed E-state index contributed by atoms with van der Waals surface area (Å²) in [5.74, 6) is 2.15. The van der Waals surface area contributed by atoms with Crippen LogP contribution < -0.4 is 19.7 Å². The quantitative estimate of drug-likeness (QED) is 0.437. The van der Waals surface area contributed by atoms with Gasteiger partial charge in [0.25, 0.3) is 5.91 Å². The van der Waals surface area contributed by atoms with E-state index in [-0.39, 0.29) is 31.4 Å². The fourth-order valence-corrected chi connectivity index (χ4v) is 3.06. The van der Waals surface area contributed by atoms with Crippen LogP contribution >= 0.6 is 0 Å². The van der Waals surface area contributed by atoms with Crippen molar-refractivity contribution >= 4 is 23.7 Å². The molecule has 0 saturated carbocycles. The standard InChI is InChI=1S/C23H22N2O6/c1-4-18-12-21-19(13-20(18)31-16(3)26)25(22(27)15(2)30-21)11-10-24-23(28)29-14-17-8-6-5-7-9-17/h1,5-9,12-13,15H,10-11,14H2,2-3H3,(H,24,28). The third-order valence-electron chi connectivity index (χ3n) is 4.50. The normalized spacial score (nSPS) is 14.7. The first kappa shape index (κ1) is 21.7. The molecule has 31 heavy (non-hydrogen) atoms. The Bertz CT molecular complexity index is 1030. The highest BCUT2D eigenvalue weighted by Gasteiger charge is 2.32. The van der Waals surface area contributed by atoms with Crippen LogP contribution in [0.5, 0.6) is 11.5 Å². The summed E-state index contributed by atoms with van der Waals surface area (Å²) in [4.78, 5) is 37.5. The van der Waals surface area contributed by atoms with Gasteiger partial charge in [-0.1, -0.05) is 36.3 Å². The highest BCUT2D eigenvalue weighted by Crippen LogP contribution is 2.39. The molecule has 8 heteroatoms. The Balaban J connectivity index is 1.68. The number of ether oxygens (including phenoxy) is 3. The molecule has 2 aromatic carbocycles. The number of esters is 1. The first-order valence-corrected chi connectivity index (χ1v) is 9.64. The van der Waals surface area contributed by atoms with E-state index in [4.69, 9.17) is 20.6 Å². The molecular formula is C23H22N2O6. The van der Waals surface area contributed by atoms with Gasteiger partial charge in [0.1, 0.15) is 18.1 Å². The molecule has 2 amide bonds. The highest BCUT2D eigenvalue weighted by atomic mass is 16.5. The van der Waals surface area contributed by atoms with Crippen LogP contribution in [0.2, 0.25) is 0 Å². The highest BCUT2D eigenvalue weighted by molar-refractivity contribution is 6.00. The van der Waals surface area contributed by atoms with Crippen molar-refractivity contribution in [2.45, 2.75) is 26.6 Å². The van der Waals surface area contributed by atoms with E-state index in [2.05, 4.69) is 11.2 Å². The molecule has 0 radical (unpaired) electrons. The van der Waals surface area contributed by atoms with Crippen molar-refractivity contribution < 1.29 is 28.6 Å². The van der Waals surface area contributed by atoms with E-state index in [0.29, 0.717) is 17.0 Å². The van der Waals surface area contributed by atoms with Crippen molar-refractivity contribution in [3.05, 3.63) is 53.6 Å². The van der Waals surface area contributed by atoms with Crippen molar-refractivity contribution in [2.75, 3.05) is 18.0 Å². The Morgan fingerprint density at radius 1 is 1.26 bits per heavy atom. The molecule has 1 atom stereocenters. The van der Waals surface area contributed by atoms with E-state index in [0.717, 1.165) is 5.56 Å². The van der Waals surface area contributed by atoms with Gasteiger partial charge in [-0.15, -0.1) is 6.42 Å². The third-order valence-corrected chi connectivity index (χ3v) is 4.50. The van der Waals surface area contributed by atoms with Gasteiger partial charge in [0.05, 0.1) is 11.3 Å². The van der Waals surface area contributed by atoms with Crippen LogP contribution in [0, 0.1) is 12.3 Å². The molecular weight excluding hydrogens is 400 g/mol. The lowest BCUT2D eigenvalue weighted by Gasteiger charge is -2.33. The third kappa shape index (κ3) is 5.34. The first-order valence-electron chi connectivity index (χ1n) is 9.64. The van der Waals surface area contributed by atoms with Crippen molar-refractivity contribution in [1.82, 2.24) is 5.32 Å². The smallest absolute Gasteiger partial charge is 0.407 e. The summed E-state index contributed by atoms with van der Waals surface area (Å²) in [7, 11) is 0. The number of amides is 2. The number of fused-ring (bicyclic) bond motifs is 1. The van der Waals surface area contributed by atoms with Crippen LogP contribution in [0.3, 0.4) is 0 Å². The Morgan fingerprint density at radius 3 is 2.68 bits per heavy atom. The van der Waals surface area contributed by atoms with Gasteiger partial charge in [0.15, 0.2) is 6.10 Å². The van der Waals surface area contributed by atoms with Gasteiger partial charge in [-0.05, 0) is 12.5 Å². The van der Waals surface area contributed by atoms with E-state index in [1.165, 1.54) is 17.9 Å². The number of alkyl carbamates (subject to hydrolysis) is 1. The Hall–Kier alpha value is -3.99. The molecule has 0 aromatic heterocycles. The van der Waals surface area contributed by atoms with Crippen molar-refractivity contribution in [1.29, 1.82) is 0 Å². The van der Waals surface area contributed by atoms with Gasteiger partial charge in [-0.3, -0.25) is 9.59 Å². The first-order chi connectivity index (χ1) is 14.9. The minimum absolute atomic E-state index is 0.142. The monoisotopic (exact) mass is 422 g/mol. The van der Waals surface area contributed by atoms with Crippen LogP contribution in [0.25, 0.3) is 0 Å². The van der Waals surface area contributed by atoms with Gasteiger partial charge in [-0.25, -0.2) is 4.79 Å². The molecule has 0 saturated heterocycles. The van der Waals surface area contributed by atoms with Gasteiger partial charge in [0.2, 0.25) is 0 Å². The van der Waals surface area contributed by atoms with Crippen molar-refractivity contribution in [3.8, 4) is 23.8 Å². The second kappa shape index (κ2) is 9.67. The van der Waals surface area contributed by atoms with E-state index >= 15 is 0 Å². The minimum atomic E-state index is -0.734. The zero-order valence-corrected chi connectivity index (χ0v) is 17.2. The van der Waals surface area contributed by atoms with Crippen LogP contribution in [0.1, 0.15) is 25.0 Å². The number of hydrogen-bond acceptors (Lipinski definition) is 6. The molecule has 160 valence electrons. The van der Waals surface area contributed by atoms with Crippen LogP contribution in [0.15, 0.2) is 42.5 Å². The predicted octanol–water partition coefficient (Wildman–Crippen LogP) is 2.63.